The zero-order chi connectivity index (χ0) is 15.4. The fourth-order valence-corrected chi connectivity index (χ4v) is 2.71. The second-order valence-electron chi connectivity index (χ2n) is 4.81. The van der Waals surface area contributed by atoms with Gasteiger partial charge in [0.15, 0.2) is 0 Å². The Bertz CT molecular complexity index is 769. The third kappa shape index (κ3) is 1.49. The molecule has 2 heterocycles. The second-order valence-corrected chi connectivity index (χ2v) is 4.81. The Labute approximate surface area is 123 Å². The largest absolute Gasteiger partial charge is 0.386 e. The van der Waals surface area contributed by atoms with Crippen LogP contribution in [0.2, 0.25) is 0 Å². The van der Waals surface area contributed by atoms with Crippen molar-refractivity contribution < 1.29 is 28.7 Å². The van der Waals surface area contributed by atoms with Gasteiger partial charge in [-0.25, -0.2) is 19.2 Å². The number of benzene rings is 2. The molecule has 2 aliphatic heterocycles. The molecule has 2 aliphatic rings. The summed E-state index contributed by atoms with van der Waals surface area (Å²) in [6, 6.07) is 9.00. The molecule has 0 saturated heterocycles. The van der Waals surface area contributed by atoms with Gasteiger partial charge < -0.3 is 9.47 Å². The zero-order valence-corrected chi connectivity index (χ0v) is 10.9. The summed E-state index contributed by atoms with van der Waals surface area (Å²) < 4.78 is 9.27. The van der Waals surface area contributed by atoms with Gasteiger partial charge in [-0.2, -0.15) is 0 Å². The minimum atomic E-state index is -0.810. The molecule has 106 valence electrons. The summed E-state index contributed by atoms with van der Waals surface area (Å²) in [6.07, 6.45) is 0. The van der Waals surface area contributed by atoms with Crippen LogP contribution in [0, 0.1) is 0 Å². The first-order valence-electron chi connectivity index (χ1n) is 6.37. The van der Waals surface area contributed by atoms with E-state index >= 15 is 0 Å². The van der Waals surface area contributed by atoms with E-state index < -0.39 is 23.9 Å². The topological polar surface area (TPSA) is 86.7 Å². The molecule has 6 nitrogen and oxygen atoms in total. The van der Waals surface area contributed by atoms with E-state index in [1.807, 2.05) is 0 Å². The van der Waals surface area contributed by atoms with Crippen LogP contribution in [0.1, 0.15) is 41.4 Å². The van der Waals surface area contributed by atoms with Gasteiger partial charge in [-0.05, 0) is 24.3 Å². The third-order valence-electron chi connectivity index (χ3n) is 3.63. The molecule has 0 N–H and O–H groups in total. The van der Waals surface area contributed by atoms with Gasteiger partial charge in [0.05, 0.1) is 22.3 Å². The van der Waals surface area contributed by atoms with Gasteiger partial charge >= 0.3 is 23.9 Å². The maximum atomic E-state index is 11.9. The van der Waals surface area contributed by atoms with Gasteiger partial charge in [0.1, 0.15) is 0 Å². The molecule has 0 spiro atoms. The molecule has 4 rings (SSSR count). The molecule has 0 fully saturated rings. The van der Waals surface area contributed by atoms with Gasteiger partial charge in [0.2, 0.25) is 0 Å². The Kier molecular flexibility index (Phi) is 2.33. The second kappa shape index (κ2) is 4.11. The lowest BCUT2D eigenvalue weighted by Gasteiger charge is -2.23. The maximum Gasteiger partial charge on any atom is 0.346 e. The van der Waals surface area contributed by atoms with Crippen molar-refractivity contribution in [3.05, 3.63) is 58.7 Å². The molecular weight excluding hydrogens is 288 g/mol. The molecule has 6 heteroatoms. The van der Waals surface area contributed by atoms with Crippen LogP contribution >= 0.6 is 0 Å². The first-order valence-corrected chi connectivity index (χ1v) is 6.37. The van der Waals surface area contributed by atoms with E-state index in [0.29, 0.717) is 0 Å². The molecule has 0 atom stereocenters. The highest BCUT2D eigenvalue weighted by Crippen LogP contribution is 2.39. The standard InChI is InChI=1S/C16H6O6/c17-13-7-3-1-4-8(14(18)21-13)11(7)12-9-5-2-6-10(12)16(20)22-15(9)19/h1-6H. The SMILES string of the molecule is O=C1OC(=O)c2cccc1c2-c1c2cccc1C(=O)OC2=O. The van der Waals surface area contributed by atoms with Crippen LogP contribution in [-0.4, -0.2) is 23.9 Å². The van der Waals surface area contributed by atoms with Crippen molar-refractivity contribution in [2.75, 3.05) is 0 Å². The minimum absolute atomic E-state index is 0.133. The van der Waals surface area contributed by atoms with Crippen LogP contribution in [0.25, 0.3) is 11.1 Å². The summed E-state index contributed by atoms with van der Waals surface area (Å²) in [5.41, 5.74) is 1.00. The summed E-state index contributed by atoms with van der Waals surface area (Å²) in [6.45, 7) is 0. The number of rotatable bonds is 1. The number of fused-ring (bicyclic) bond motifs is 5. The van der Waals surface area contributed by atoms with Gasteiger partial charge in [-0.1, -0.05) is 12.1 Å². The minimum Gasteiger partial charge on any atom is -0.386 e. The van der Waals surface area contributed by atoms with E-state index in [1.165, 1.54) is 24.3 Å². The maximum absolute atomic E-state index is 11.9. The van der Waals surface area contributed by atoms with Gasteiger partial charge in [-0.15, -0.1) is 0 Å². The van der Waals surface area contributed by atoms with Crippen LogP contribution in [0.4, 0.5) is 0 Å². The van der Waals surface area contributed by atoms with Crippen molar-refractivity contribution in [2.24, 2.45) is 0 Å². The van der Waals surface area contributed by atoms with E-state index in [1.54, 1.807) is 12.1 Å². The Balaban J connectivity index is 2.14. The highest BCUT2D eigenvalue weighted by molar-refractivity contribution is 6.21. The molecule has 0 amide bonds. The summed E-state index contributed by atoms with van der Waals surface area (Å²) >= 11 is 0. The third-order valence-corrected chi connectivity index (χ3v) is 3.63. The van der Waals surface area contributed by atoms with Crippen LogP contribution in [0.15, 0.2) is 36.4 Å². The van der Waals surface area contributed by atoms with Crippen LogP contribution < -0.4 is 0 Å². The Morgan fingerprint density at radius 1 is 0.500 bits per heavy atom. The van der Waals surface area contributed by atoms with Crippen molar-refractivity contribution in [2.45, 2.75) is 0 Å². The summed E-state index contributed by atoms with van der Waals surface area (Å²) in [7, 11) is 0. The Morgan fingerprint density at radius 3 is 1.05 bits per heavy atom. The first kappa shape index (κ1) is 12.5. The van der Waals surface area contributed by atoms with E-state index in [0.717, 1.165) is 0 Å². The van der Waals surface area contributed by atoms with Crippen molar-refractivity contribution in [3.63, 3.8) is 0 Å². The molecule has 0 radical (unpaired) electrons. The number of carbonyl (C=O) groups excluding carboxylic acids is 4. The fraction of sp³-hybridized carbons (Fsp3) is 0. The fourth-order valence-electron chi connectivity index (χ4n) is 2.71. The molecular formula is C16H6O6. The molecule has 0 aliphatic carbocycles. The van der Waals surface area contributed by atoms with Crippen LogP contribution in [-0.2, 0) is 9.47 Å². The Morgan fingerprint density at radius 2 is 0.773 bits per heavy atom. The van der Waals surface area contributed by atoms with E-state index in [2.05, 4.69) is 9.47 Å². The van der Waals surface area contributed by atoms with Crippen molar-refractivity contribution >= 4 is 23.9 Å². The predicted octanol–water partition coefficient (Wildman–Crippen LogP) is 1.97. The first-order chi connectivity index (χ1) is 10.6. The van der Waals surface area contributed by atoms with E-state index in [9.17, 15) is 19.2 Å². The molecule has 4 bridgehead atoms. The lowest BCUT2D eigenvalue weighted by Crippen LogP contribution is -2.26. The number of hydrogen-bond acceptors (Lipinski definition) is 6. The molecule has 2 aromatic carbocycles. The lowest BCUT2D eigenvalue weighted by molar-refractivity contribution is 0.0362. The normalized spacial score (nSPS) is 15.5. The number of ether oxygens (including phenoxy) is 2. The van der Waals surface area contributed by atoms with Crippen molar-refractivity contribution in [1.82, 2.24) is 0 Å². The molecule has 2 aromatic rings. The van der Waals surface area contributed by atoms with Crippen molar-refractivity contribution in [1.29, 1.82) is 0 Å². The number of esters is 4. The molecule has 0 aromatic heterocycles. The monoisotopic (exact) mass is 294 g/mol. The van der Waals surface area contributed by atoms with Crippen LogP contribution in [0.5, 0.6) is 0 Å². The van der Waals surface area contributed by atoms with Gasteiger partial charge in [0, 0.05) is 11.1 Å². The van der Waals surface area contributed by atoms with E-state index in [4.69, 9.17) is 0 Å². The van der Waals surface area contributed by atoms with E-state index in [-0.39, 0.29) is 33.4 Å². The van der Waals surface area contributed by atoms with Gasteiger partial charge in [0.25, 0.3) is 0 Å². The number of cyclic esters (lactones) is 4. The summed E-state index contributed by atoms with van der Waals surface area (Å²) in [5.74, 6) is -3.24. The highest BCUT2D eigenvalue weighted by atomic mass is 16.6. The molecule has 0 unspecified atom stereocenters. The lowest BCUT2D eigenvalue weighted by atomic mass is 9.86. The van der Waals surface area contributed by atoms with Gasteiger partial charge in [-0.3, -0.25) is 0 Å². The number of hydrogen-bond donors (Lipinski definition) is 0. The quantitative estimate of drug-likeness (QED) is 0.590. The average Bonchev–Trinajstić information content (AvgIpc) is 2.50. The molecule has 0 saturated carbocycles. The highest BCUT2D eigenvalue weighted by Gasteiger charge is 2.37. The average molecular weight is 294 g/mol. The van der Waals surface area contributed by atoms with Crippen molar-refractivity contribution in [3.8, 4) is 11.1 Å². The molecule has 22 heavy (non-hydrogen) atoms. The summed E-state index contributed by atoms with van der Waals surface area (Å²) in [4.78, 5) is 47.6. The van der Waals surface area contributed by atoms with Crippen LogP contribution in [0.3, 0.4) is 0 Å². The Hall–Kier alpha value is -3.28. The predicted molar refractivity (Wildman–Crippen MR) is 71.4 cm³/mol. The smallest absolute Gasteiger partial charge is 0.346 e. The number of carbonyl (C=O) groups is 4. The summed E-state index contributed by atoms with van der Waals surface area (Å²) in [5, 5.41) is 0. The zero-order valence-electron chi connectivity index (χ0n) is 10.9.